The van der Waals surface area contributed by atoms with Crippen molar-refractivity contribution in [3.8, 4) is 0 Å². The molecule has 5 heterocycles. The molecule has 0 aliphatic carbocycles. The van der Waals surface area contributed by atoms with Crippen LogP contribution in [-0.2, 0) is 4.79 Å². The minimum Gasteiger partial charge on any atom is -0.350 e. The summed E-state index contributed by atoms with van der Waals surface area (Å²) in [5.41, 5.74) is 13.1. The summed E-state index contributed by atoms with van der Waals surface area (Å²) in [7, 11) is 0. The lowest BCUT2D eigenvalue weighted by molar-refractivity contribution is -0.569. The lowest BCUT2D eigenvalue weighted by atomic mass is 9.71. The van der Waals surface area contributed by atoms with Gasteiger partial charge in [0.25, 0.3) is 0 Å². The zero-order chi connectivity index (χ0) is 26.0. The van der Waals surface area contributed by atoms with Gasteiger partial charge in [0.1, 0.15) is 17.8 Å². The zero-order valence-corrected chi connectivity index (χ0v) is 23.7. The Hall–Kier alpha value is -0.770. The fraction of sp³-hybridized carbons (Fsp3) is 0.929. The van der Waals surface area contributed by atoms with Crippen LogP contribution in [0.2, 0.25) is 0 Å². The van der Waals surface area contributed by atoms with Gasteiger partial charge in [0.2, 0.25) is 5.91 Å². The third kappa shape index (κ3) is 6.20. The fourth-order valence-corrected chi connectivity index (χ4v) is 8.59. The van der Waals surface area contributed by atoms with E-state index in [1.165, 1.54) is 32.2 Å². The number of fused-ring (bicyclic) bond motifs is 4. The number of alkyl halides is 1. The second-order valence-corrected chi connectivity index (χ2v) is 13.2. The van der Waals surface area contributed by atoms with Crippen molar-refractivity contribution in [3.05, 3.63) is 0 Å². The van der Waals surface area contributed by atoms with E-state index in [4.69, 9.17) is 23.1 Å². The molecule has 7 unspecified atom stereocenters. The Labute approximate surface area is 228 Å². The van der Waals surface area contributed by atoms with Gasteiger partial charge in [0, 0.05) is 51.1 Å². The second kappa shape index (κ2) is 12.2. The van der Waals surface area contributed by atoms with Crippen LogP contribution in [0.15, 0.2) is 0 Å². The van der Waals surface area contributed by atoms with Gasteiger partial charge in [-0.1, -0.05) is 19.8 Å². The van der Waals surface area contributed by atoms with Crippen LogP contribution in [0.1, 0.15) is 71.1 Å². The van der Waals surface area contributed by atoms with Crippen LogP contribution in [0.5, 0.6) is 0 Å². The number of carbonyl (C=O) groups excluding carboxylic acids is 1. The fourth-order valence-electron chi connectivity index (χ4n) is 8.29. The van der Waals surface area contributed by atoms with E-state index in [9.17, 15) is 4.79 Å². The number of carbonyl (C=O) groups is 1. The van der Waals surface area contributed by atoms with Crippen molar-refractivity contribution in [2.45, 2.75) is 107 Å². The van der Waals surface area contributed by atoms with Crippen molar-refractivity contribution in [1.29, 1.82) is 0 Å². The predicted molar refractivity (Wildman–Crippen MR) is 150 cm³/mol. The van der Waals surface area contributed by atoms with Crippen molar-refractivity contribution >= 4 is 23.7 Å². The number of nitrogens with two attached hydrogens (primary N) is 2. The summed E-state index contributed by atoms with van der Waals surface area (Å²) in [5.74, 6) is -0.439. The maximum atomic E-state index is 14.1. The average molecular weight is 537 g/mol. The van der Waals surface area contributed by atoms with E-state index >= 15 is 0 Å². The van der Waals surface area contributed by atoms with Crippen molar-refractivity contribution in [3.63, 3.8) is 0 Å². The van der Waals surface area contributed by atoms with Crippen LogP contribution in [0, 0.1) is 11.3 Å². The molecule has 7 atom stereocenters. The lowest BCUT2D eigenvalue weighted by Gasteiger charge is -2.46. The first kappa shape index (κ1) is 27.8. The molecular weight excluding hydrogens is 486 g/mol. The first-order chi connectivity index (χ1) is 17.9. The highest BCUT2D eigenvalue weighted by Crippen LogP contribution is 2.43. The zero-order valence-electron chi connectivity index (χ0n) is 22.9. The Morgan fingerprint density at radius 3 is 2.78 bits per heavy atom. The summed E-state index contributed by atoms with van der Waals surface area (Å²) in [4.78, 5) is 19.4. The van der Waals surface area contributed by atoms with Crippen molar-refractivity contribution in [1.82, 2.24) is 20.4 Å². The maximum Gasteiger partial charge on any atom is 0.233 e. The smallest absolute Gasteiger partial charge is 0.233 e. The molecule has 0 saturated carbocycles. The van der Waals surface area contributed by atoms with E-state index in [0.717, 1.165) is 77.8 Å². The molecule has 210 valence electrons. The van der Waals surface area contributed by atoms with Crippen molar-refractivity contribution in [2.75, 3.05) is 45.8 Å². The Bertz CT molecular complexity index is 824. The maximum absolute atomic E-state index is 14.1. The van der Waals surface area contributed by atoms with Crippen molar-refractivity contribution in [2.24, 2.45) is 22.8 Å². The SMILES string of the molecule is CCC12CCCC(Cl)C=[N+](CCC1)C(C(C(=O)NC1CNCCC1N1CCN3CCCC3C1)C(N)N)C2. The van der Waals surface area contributed by atoms with Gasteiger partial charge in [-0.25, -0.2) is 4.58 Å². The lowest BCUT2D eigenvalue weighted by Crippen LogP contribution is -2.65. The van der Waals surface area contributed by atoms with Crippen LogP contribution in [0.3, 0.4) is 0 Å². The molecule has 2 bridgehead atoms. The van der Waals surface area contributed by atoms with Crippen LogP contribution in [0.4, 0.5) is 0 Å². The molecule has 37 heavy (non-hydrogen) atoms. The first-order valence-electron chi connectivity index (χ1n) is 15.1. The molecule has 0 spiro atoms. The summed E-state index contributed by atoms with van der Waals surface area (Å²) in [5, 5.41) is 7.02. The summed E-state index contributed by atoms with van der Waals surface area (Å²) in [6, 6.07) is 1.11. The van der Waals surface area contributed by atoms with Crippen LogP contribution in [-0.4, -0.2) is 108 Å². The van der Waals surface area contributed by atoms with Gasteiger partial charge in [-0.15, -0.1) is 11.6 Å². The number of nitrogens with zero attached hydrogens (tertiary/aromatic N) is 3. The standard InChI is InChI=1S/C28H50ClN7O/c1-2-28-9-3-6-20(29)18-35(13-5-10-28)24(16-28)25(26(30)31)27(37)33-22-17-32-11-8-23(22)36-15-14-34-12-4-7-21(34)19-36/h18,20-26,32H,2-17,19,30-31H2,1H3/p+1. The monoisotopic (exact) mass is 536 g/mol. The molecule has 4 fully saturated rings. The van der Waals surface area contributed by atoms with E-state index in [0.29, 0.717) is 12.1 Å². The summed E-state index contributed by atoms with van der Waals surface area (Å²) in [6.07, 6.45) is 12.9. The van der Waals surface area contributed by atoms with E-state index in [1.807, 2.05) is 0 Å². The molecule has 8 nitrogen and oxygen atoms in total. The highest BCUT2D eigenvalue weighted by Gasteiger charge is 2.48. The second-order valence-electron chi connectivity index (χ2n) is 12.6. The third-order valence-electron chi connectivity index (χ3n) is 10.5. The van der Waals surface area contributed by atoms with E-state index < -0.39 is 12.1 Å². The number of rotatable bonds is 6. The van der Waals surface area contributed by atoms with Crippen LogP contribution >= 0.6 is 11.6 Å². The first-order valence-corrected chi connectivity index (χ1v) is 15.6. The molecule has 9 heteroatoms. The Morgan fingerprint density at radius 2 is 1.97 bits per heavy atom. The molecule has 4 saturated heterocycles. The highest BCUT2D eigenvalue weighted by atomic mass is 35.5. The number of amides is 1. The third-order valence-corrected chi connectivity index (χ3v) is 10.8. The summed E-state index contributed by atoms with van der Waals surface area (Å²) < 4.78 is 2.35. The molecule has 5 aliphatic heterocycles. The number of halogens is 1. The molecule has 1 amide bonds. The molecule has 6 N–H and O–H groups in total. The molecule has 5 aliphatic rings. The number of piperidine rings is 1. The Balaban J connectivity index is 1.35. The van der Waals surface area contributed by atoms with Gasteiger partial charge in [-0.05, 0) is 57.0 Å². The van der Waals surface area contributed by atoms with Gasteiger partial charge in [-0.3, -0.25) is 14.6 Å². The van der Waals surface area contributed by atoms with Gasteiger partial charge >= 0.3 is 0 Å². The molecule has 0 aromatic heterocycles. The Kier molecular flexibility index (Phi) is 9.14. The van der Waals surface area contributed by atoms with Crippen LogP contribution < -0.4 is 22.1 Å². The number of nitrogens with one attached hydrogen (secondary N) is 2. The largest absolute Gasteiger partial charge is 0.350 e. The minimum absolute atomic E-state index is 0.00727. The van der Waals surface area contributed by atoms with Crippen LogP contribution in [0.25, 0.3) is 0 Å². The normalized spacial score (nSPS) is 38.7. The molecule has 0 aromatic rings. The van der Waals surface area contributed by atoms with Gasteiger partial charge in [0.15, 0.2) is 12.3 Å². The summed E-state index contributed by atoms with van der Waals surface area (Å²) in [6.45, 7) is 9.65. The molecule has 0 aromatic carbocycles. The van der Waals surface area contributed by atoms with E-state index in [1.54, 1.807) is 0 Å². The topological polar surface area (TPSA) is 103 Å². The van der Waals surface area contributed by atoms with Gasteiger partial charge in [0.05, 0.1) is 12.2 Å². The highest BCUT2D eigenvalue weighted by molar-refractivity contribution is 6.27. The van der Waals surface area contributed by atoms with E-state index in [-0.39, 0.29) is 28.8 Å². The minimum atomic E-state index is -0.708. The number of hydrogen-bond donors (Lipinski definition) is 4. The molecule has 5 rings (SSSR count). The average Bonchev–Trinajstić information content (AvgIpc) is 3.30. The number of piperazine rings is 1. The summed E-state index contributed by atoms with van der Waals surface area (Å²) >= 11 is 6.75. The van der Waals surface area contributed by atoms with Gasteiger partial charge < -0.3 is 22.1 Å². The predicted octanol–water partition coefficient (Wildman–Crippen LogP) is 1.30. The van der Waals surface area contributed by atoms with E-state index in [2.05, 4.69) is 38.1 Å². The molecular formula is C28H51ClN7O+. The van der Waals surface area contributed by atoms with Crippen molar-refractivity contribution < 1.29 is 9.37 Å². The quantitative estimate of drug-likeness (QED) is 0.232. The van der Waals surface area contributed by atoms with Gasteiger partial charge in [-0.2, -0.15) is 0 Å². The number of hydrogen-bond acceptors (Lipinski definition) is 6. The molecule has 0 radical (unpaired) electrons. The Morgan fingerprint density at radius 1 is 1.16 bits per heavy atom.